The first-order chi connectivity index (χ1) is 44.8. The number of hydrogen-bond donors (Lipinski definition) is 0. The molecule has 18 rings (SSSR count). The van der Waals surface area contributed by atoms with Crippen LogP contribution in [0.2, 0.25) is 0 Å². The second kappa shape index (κ2) is 20.4. The molecule has 4 nitrogen and oxygen atoms in total. The predicted molar refractivity (Wildman–Crippen MR) is 381 cm³/mol. The van der Waals surface area contributed by atoms with Crippen LogP contribution in [-0.4, -0.2) is 0 Å². The highest BCUT2D eigenvalue weighted by Gasteiger charge is 2.54. The van der Waals surface area contributed by atoms with Crippen LogP contribution in [0.3, 0.4) is 0 Å². The van der Waals surface area contributed by atoms with Gasteiger partial charge in [-0.3, -0.25) is 0 Å². The average molecular weight is 1170 g/mol. The van der Waals surface area contributed by atoms with Gasteiger partial charge in [0.2, 0.25) is 0 Å². The summed E-state index contributed by atoms with van der Waals surface area (Å²) in [6.07, 6.45) is 0. The Morgan fingerprint density at radius 1 is 0.275 bits per heavy atom. The molecule has 0 saturated carbocycles. The molecule has 0 fully saturated rings. The van der Waals surface area contributed by atoms with E-state index in [1.807, 2.05) is 0 Å². The van der Waals surface area contributed by atoms with E-state index in [0.29, 0.717) is 0 Å². The van der Waals surface area contributed by atoms with Crippen LogP contribution in [0.15, 0.2) is 300 Å². The Labute approximate surface area is 529 Å². The summed E-state index contributed by atoms with van der Waals surface area (Å²) in [5.74, 6) is 0.389. The first-order valence-corrected chi connectivity index (χ1v) is 31.9. The van der Waals surface area contributed by atoms with Crippen LogP contribution in [0.4, 0.5) is 34.1 Å². The fourth-order valence-electron chi connectivity index (χ4n) is 15.8. The van der Waals surface area contributed by atoms with Gasteiger partial charge in [-0.25, -0.2) is 0 Å². The Bertz CT molecular complexity index is 5250. The molecule has 16 aromatic rings. The molecule has 2 aromatic heterocycles. The molecule has 0 bridgehead atoms. The Hall–Kier alpha value is -11.2. The van der Waals surface area contributed by atoms with E-state index in [1.165, 1.54) is 99.4 Å². The molecule has 0 aliphatic heterocycles. The van der Waals surface area contributed by atoms with E-state index in [1.54, 1.807) is 0 Å². The van der Waals surface area contributed by atoms with Crippen molar-refractivity contribution in [1.82, 2.24) is 0 Å². The maximum Gasteiger partial charge on any atom is 0.159 e. The molecule has 91 heavy (non-hydrogen) atoms. The van der Waals surface area contributed by atoms with Crippen molar-refractivity contribution in [3.63, 3.8) is 0 Å². The van der Waals surface area contributed by atoms with Crippen molar-refractivity contribution in [2.75, 3.05) is 9.80 Å². The molecule has 0 amide bonds. The minimum atomic E-state index is -0.679. The third-order valence-electron chi connectivity index (χ3n) is 19.8. The first kappa shape index (κ1) is 52.9. The average Bonchev–Trinajstić information content (AvgIpc) is 1.50. The lowest BCUT2D eigenvalue weighted by Crippen LogP contribution is -2.27. The van der Waals surface area contributed by atoms with E-state index in [4.69, 9.17) is 8.83 Å². The highest BCUT2D eigenvalue weighted by Crippen LogP contribution is 2.67. The third kappa shape index (κ3) is 7.88. The van der Waals surface area contributed by atoms with E-state index < -0.39 is 5.41 Å². The minimum Gasteiger partial charge on any atom is -0.454 e. The molecular weight excluding hydrogens is 1100 g/mol. The highest BCUT2D eigenvalue weighted by molar-refractivity contribution is 6.15. The van der Waals surface area contributed by atoms with Crippen molar-refractivity contribution < 1.29 is 8.83 Å². The van der Waals surface area contributed by atoms with Gasteiger partial charge in [0.05, 0.1) is 16.8 Å². The predicted octanol–water partition coefficient (Wildman–Crippen LogP) is 24.7. The first-order valence-electron chi connectivity index (χ1n) is 31.9. The van der Waals surface area contributed by atoms with Crippen molar-refractivity contribution in [3.8, 4) is 44.5 Å². The summed E-state index contributed by atoms with van der Waals surface area (Å²) in [4.78, 5) is 4.83. The van der Waals surface area contributed by atoms with Gasteiger partial charge in [0, 0.05) is 44.3 Å². The van der Waals surface area contributed by atoms with Crippen molar-refractivity contribution in [2.45, 2.75) is 44.9 Å². The normalized spacial score (nSPS) is 12.9. The van der Waals surface area contributed by atoms with Gasteiger partial charge in [0.15, 0.2) is 11.2 Å². The van der Waals surface area contributed by atoms with Gasteiger partial charge < -0.3 is 18.6 Å². The van der Waals surface area contributed by atoms with Crippen molar-refractivity contribution >= 4 is 99.5 Å². The second-order valence-corrected chi connectivity index (χ2v) is 25.4. The largest absolute Gasteiger partial charge is 0.454 e. The van der Waals surface area contributed by atoms with E-state index in [9.17, 15) is 0 Å². The number of anilines is 6. The summed E-state index contributed by atoms with van der Waals surface area (Å²) in [5, 5.41) is 9.39. The van der Waals surface area contributed by atoms with Gasteiger partial charge >= 0.3 is 0 Å². The molecule has 4 heteroatoms. The standard InChI is InChI=1S/C87H62N2O2/c1-53(2)71-51-75-76-52-72(54(3)4)74-50-62(89(60-43-39-58(40-44-60)56-23-9-6-10-24-56)80-34-20-30-70-66-28-14-18-36-82(66)91-86(70)80)46-48-68(74)84(76)87(77-31-15-11-25-63(77)64-26-12-16-32-78(64)87)83(75)67-47-45-61(49-73(67)71)88(59-41-37-57(38-42-59)55-21-7-5-8-22-55)79-33-19-29-69-65-27-13-17-35-81(65)90-85(69)79/h5-54H,1-4H3. The Balaban J connectivity index is 0.890. The topological polar surface area (TPSA) is 32.8 Å². The molecule has 2 aliphatic rings. The quantitative estimate of drug-likeness (QED) is 0.137. The SMILES string of the molecule is CC(C)c1cc2c(c3ccc(N(c4ccc(-c5ccccc5)cc4)c4cccc5c4oc4ccccc45)cc13)C1(c3ccccc3-c3ccccc31)c1c-2cc(C(C)C)c2cc(N(c3ccc(-c4ccccc4)cc3)c3cccc4c3oc3ccccc34)ccc12. The number of hydrogen-bond acceptors (Lipinski definition) is 4. The summed E-state index contributed by atoms with van der Waals surface area (Å²) < 4.78 is 13.8. The molecule has 0 N–H and O–H groups in total. The fraction of sp³-hybridized carbons (Fsp3) is 0.0805. The number of benzene rings is 14. The lowest BCUT2D eigenvalue weighted by atomic mass is 9.67. The number of rotatable bonds is 10. The smallest absolute Gasteiger partial charge is 0.159 e. The molecule has 1 spiro atoms. The number of nitrogens with zero attached hydrogens (tertiary/aromatic N) is 2. The number of para-hydroxylation sites is 4. The van der Waals surface area contributed by atoms with Gasteiger partial charge in [-0.15, -0.1) is 0 Å². The zero-order valence-electron chi connectivity index (χ0n) is 51.1. The van der Waals surface area contributed by atoms with Crippen LogP contribution >= 0.6 is 0 Å². The summed E-state index contributed by atoms with van der Waals surface area (Å²) in [5.41, 5.74) is 26.8. The molecule has 2 aliphatic carbocycles. The number of furan rings is 2. The lowest BCUT2D eigenvalue weighted by Gasteiger charge is -2.34. The molecule has 2 heterocycles. The zero-order valence-corrected chi connectivity index (χ0v) is 51.1. The van der Waals surface area contributed by atoms with Gasteiger partial charge in [0.1, 0.15) is 11.2 Å². The van der Waals surface area contributed by atoms with E-state index >= 15 is 0 Å². The Kier molecular flexibility index (Phi) is 11.9. The monoisotopic (exact) mass is 1170 g/mol. The van der Waals surface area contributed by atoms with Crippen molar-refractivity contribution in [2.24, 2.45) is 0 Å². The maximum absolute atomic E-state index is 6.90. The molecular formula is C87H62N2O2. The summed E-state index contributed by atoms with van der Waals surface area (Å²) in [6.45, 7) is 9.46. The van der Waals surface area contributed by atoms with E-state index in [0.717, 1.165) is 78.0 Å². The van der Waals surface area contributed by atoms with Crippen LogP contribution in [-0.2, 0) is 5.41 Å². The molecule has 0 unspecified atom stereocenters. The van der Waals surface area contributed by atoms with Crippen molar-refractivity contribution in [3.05, 3.63) is 325 Å². The molecule has 0 radical (unpaired) electrons. The maximum atomic E-state index is 6.90. The van der Waals surface area contributed by atoms with Crippen LogP contribution in [0.25, 0.3) is 110 Å². The second-order valence-electron chi connectivity index (χ2n) is 25.4. The summed E-state index contributed by atoms with van der Waals surface area (Å²) >= 11 is 0. The molecule has 432 valence electrons. The number of fused-ring (bicyclic) bond motifs is 20. The minimum absolute atomic E-state index is 0.195. The molecule has 0 atom stereocenters. The fourth-order valence-corrected chi connectivity index (χ4v) is 15.8. The zero-order chi connectivity index (χ0) is 60.6. The van der Waals surface area contributed by atoms with E-state index in [2.05, 4.69) is 329 Å². The van der Waals surface area contributed by atoms with Gasteiger partial charge in [-0.1, -0.05) is 234 Å². The van der Waals surface area contributed by atoms with Crippen LogP contribution < -0.4 is 9.80 Å². The summed E-state index contributed by atoms with van der Waals surface area (Å²) in [7, 11) is 0. The van der Waals surface area contributed by atoms with Crippen LogP contribution in [0.5, 0.6) is 0 Å². The van der Waals surface area contributed by atoms with Gasteiger partial charge in [0.25, 0.3) is 0 Å². The molecule has 14 aromatic carbocycles. The van der Waals surface area contributed by atoms with E-state index in [-0.39, 0.29) is 11.8 Å². The van der Waals surface area contributed by atoms with Gasteiger partial charge in [-0.2, -0.15) is 0 Å². The third-order valence-corrected chi connectivity index (χ3v) is 19.8. The molecule has 0 saturated heterocycles. The Morgan fingerprint density at radius 2 is 0.637 bits per heavy atom. The van der Waals surface area contributed by atoms with Crippen LogP contribution in [0, 0.1) is 0 Å². The lowest BCUT2D eigenvalue weighted by molar-refractivity contribution is 0.668. The van der Waals surface area contributed by atoms with Crippen LogP contribution in [0.1, 0.15) is 72.9 Å². The summed E-state index contributed by atoms with van der Waals surface area (Å²) in [6, 6.07) is 108. The van der Waals surface area contributed by atoms with Gasteiger partial charge in [-0.05, 0) is 196 Å². The Morgan fingerprint density at radius 3 is 1.07 bits per heavy atom. The van der Waals surface area contributed by atoms with Crippen molar-refractivity contribution in [1.29, 1.82) is 0 Å². The highest BCUT2D eigenvalue weighted by atomic mass is 16.3.